The van der Waals surface area contributed by atoms with Crippen LogP contribution < -0.4 is 5.32 Å². The third-order valence-electron chi connectivity index (χ3n) is 4.88. The molecule has 1 fully saturated rings. The number of carbonyl (C=O) groups excluding carboxylic acids is 1. The van der Waals surface area contributed by atoms with Gasteiger partial charge in [0.15, 0.2) is 0 Å². The molecule has 0 aromatic heterocycles. The molecule has 0 bridgehead atoms. The molecule has 23 heavy (non-hydrogen) atoms. The average Bonchev–Trinajstić information content (AvgIpc) is 2.56. The fraction of sp³-hybridized carbons (Fsp3) is 0.650. The SMILES string of the molecule is CC(C)CCNC(=O)C1CCN(C[C@H](C)c2ccccc2)CC1. The first-order valence-electron chi connectivity index (χ1n) is 9.11. The number of piperidine rings is 1. The van der Waals surface area contributed by atoms with E-state index in [0.717, 1.165) is 45.4 Å². The average molecular weight is 316 g/mol. The molecule has 2 rings (SSSR count). The molecule has 1 amide bonds. The summed E-state index contributed by atoms with van der Waals surface area (Å²) >= 11 is 0. The van der Waals surface area contributed by atoms with E-state index in [-0.39, 0.29) is 11.8 Å². The van der Waals surface area contributed by atoms with Gasteiger partial charge in [0.2, 0.25) is 5.91 Å². The third-order valence-corrected chi connectivity index (χ3v) is 4.88. The molecule has 1 aromatic rings. The number of nitrogens with one attached hydrogen (secondary N) is 1. The molecule has 1 aliphatic heterocycles. The summed E-state index contributed by atoms with van der Waals surface area (Å²) in [5, 5.41) is 3.11. The maximum atomic E-state index is 12.2. The summed E-state index contributed by atoms with van der Waals surface area (Å²) in [4.78, 5) is 14.7. The Hall–Kier alpha value is -1.35. The highest BCUT2D eigenvalue weighted by atomic mass is 16.1. The standard InChI is InChI=1S/C20H32N2O/c1-16(2)9-12-21-20(23)19-10-13-22(14-11-19)15-17(3)18-7-5-4-6-8-18/h4-8,16-17,19H,9-15H2,1-3H3,(H,21,23)/t17-/m0/s1. The summed E-state index contributed by atoms with van der Waals surface area (Å²) < 4.78 is 0. The van der Waals surface area contributed by atoms with Gasteiger partial charge in [0.1, 0.15) is 0 Å². The molecule has 0 radical (unpaired) electrons. The third kappa shape index (κ3) is 5.98. The van der Waals surface area contributed by atoms with Crippen molar-refractivity contribution >= 4 is 5.91 Å². The van der Waals surface area contributed by atoms with Crippen molar-refractivity contribution in [3.05, 3.63) is 35.9 Å². The summed E-state index contributed by atoms with van der Waals surface area (Å²) in [5.41, 5.74) is 1.40. The maximum absolute atomic E-state index is 12.2. The van der Waals surface area contributed by atoms with Crippen LogP contribution in [0.3, 0.4) is 0 Å². The number of likely N-dealkylation sites (tertiary alicyclic amines) is 1. The smallest absolute Gasteiger partial charge is 0.223 e. The van der Waals surface area contributed by atoms with Crippen molar-refractivity contribution in [3.8, 4) is 0 Å². The first kappa shape index (κ1) is 18.0. The quantitative estimate of drug-likeness (QED) is 0.832. The molecular formula is C20H32N2O. The molecule has 1 heterocycles. The van der Waals surface area contributed by atoms with E-state index in [2.05, 4.69) is 61.3 Å². The lowest BCUT2D eigenvalue weighted by Crippen LogP contribution is -2.41. The molecule has 0 spiro atoms. The minimum Gasteiger partial charge on any atom is -0.356 e. The zero-order valence-electron chi connectivity index (χ0n) is 14.9. The lowest BCUT2D eigenvalue weighted by molar-refractivity contribution is -0.126. The molecule has 1 atom stereocenters. The number of amides is 1. The van der Waals surface area contributed by atoms with Crippen molar-refractivity contribution in [2.75, 3.05) is 26.2 Å². The number of benzene rings is 1. The Labute approximate surface area is 141 Å². The van der Waals surface area contributed by atoms with Gasteiger partial charge in [-0.2, -0.15) is 0 Å². The molecule has 1 N–H and O–H groups in total. The van der Waals surface area contributed by atoms with Gasteiger partial charge in [-0.25, -0.2) is 0 Å². The second-order valence-corrected chi connectivity index (χ2v) is 7.36. The number of hydrogen-bond acceptors (Lipinski definition) is 2. The van der Waals surface area contributed by atoms with Crippen LogP contribution >= 0.6 is 0 Å². The predicted octanol–water partition coefficient (Wildman–Crippen LogP) is 3.66. The van der Waals surface area contributed by atoms with Crippen molar-refractivity contribution in [1.29, 1.82) is 0 Å². The second-order valence-electron chi connectivity index (χ2n) is 7.36. The Morgan fingerprint density at radius 3 is 2.43 bits per heavy atom. The van der Waals surface area contributed by atoms with Gasteiger partial charge < -0.3 is 10.2 Å². The second kappa shape index (κ2) is 9.07. The van der Waals surface area contributed by atoms with E-state index in [4.69, 9.17) is 0 Å². The zero-order chi connectivity index (χ0) is 16.7. The van der Waals surface area contributed by atoms with Crippen molar-refractivity contribution in [2.45, 2.75) is 46.0 Å². The summed E-state index contributed by atoms with van der Waals surface area (Å²) in [7, 11) is 0. The van der Waals surface area contributed by atoms with Gasteiger partial charge in [-0.05, 0) is 49.8 Å². The number of rotatable bonds is 7. The highest BCUT2D eigenvalue weighted by Crippen LogP contribution is 2.22. The van der Waals surface area contributed by atoms with Crippen LogP contribution in [0.2, 0.25) is 0 Å². The molecule has 3 nitrogen and oxygen atoms in total. The van der Waals surface area contributed by atoms with Gasteiger partial charge in [0.25, 0.3) is 0 Å². The van der Waals surface area contributed by atoms with Crippen LogP contribution in [0.5, 0.6) is 0 Å². The monoisotopic (exact) mass is 316 g/mol. The highest BCUT2D eigenvalue weighted by molar-refractivity contribution is 5.78. The maximum Gasteiger partial charge on any atom is 0.223 e. The van der Waals surface area contributed by atoms with Gasteiger partial charge in [-0.15, -0.1) is 0 Å². The molecule has 0 saturated carbocycles. The zero-order valence-corrected chi connectivity index (χ0v) is 14.9. The lowest BCUT2D eigenvalue weighted by atomic mass is 9.94. The lowest BCUT2D eigenvalue weighted by Gasteiger charge is -2.33. The van der Waals surface area contributed by atoms with Gasteiger partial charge >= 0.3 is 0 Å². The minimum atomic E-state index is 0.213. The Bertz CT molecular complexity index is 464. The van der Waals surface area contributed by atoms with Gasteiger partial charge in [0, 0.05) is 19.0 Å². The number of nitrogens with zero attached hydrogens (tertiary/aromatic N) is 1. The molecule has 0 aliphatic carbocycles. The Morgan fingerprint density at radius 1 is 1.17 bits per heavy atom. The minimum absolute atomic E-state index is 0.213. The van der Waals surface area contributed by atoms with Crippen molar-refractivity contribution in [3.63, 3.8) is 0 Å². The first-order chi connectivity index (χ1) is 11.1. The molecule has 1 aromatic carbocycles. The van der Waals surface area contributed by atoms with E-state index in [1.54, 1.807) is 0 Å². The summed E-state index contributed by atoms with van der Waals surface area (Å²) in [6.45, 7) is 10.7. The number of hydrogen-bond donors (Lipinski definition) is 1. The molecular weight excluding hydrogens is 284 g/mol. The Balaban J connectivity index is 1.70. The van der Waals surface area contributed by atoms with Crippen LogP contribution in [0, 0.1) is 11.8 Å². The molecule has 1 saturated heterocycles. The van der Waals surface area contributed by atoms with Crippen LogP contribution in [0.25, 0.3) is 0 Å². The van der Waals surface area contributed by atoms with Gasteiger partial charge in [-0.3, -0.25) is 4.79 Å². The van der Waals surface area contributed by atoms with E-state index in [1.165, 1.54) is 5.56 Å². The fourth-order valence-electron chi connectivity index (χ4n) is 3.28. The normalized spacial score (nSPS) is 18.1. The summed E-state index contributed by atoms with van der Waals surface area (Å²) in [6, 6.07) is 10.7. The van der Waals surface area contributed by atoms with Gasteiger partial charge in [0.05, 0.1) is 0 Å². The largest absolute Gasteiger partial charge is 0.356 e. The summed E-state index contributed by atoms with van der Waals surface area (Å²) in [5.74, 6) is 1.68. The van der Waals surface area contributed by atoms with E-state index < -0.39 is 0 Å². The molecule has 1 aliphatic rings. The van der Waals surface area contributed by atoms with Crippen LogP contribution in [0.1, 0.15) is 51.5 Å². The Morgan fingerprint density at radius 2 is 1.83 bits per heavy atom. The summed E-state index contributed by atoms with van der Waals surface area (Å²) in [6.07, 6.45) is 3.06. The van der Waals surface area contributed by atoms with Crippen LogP contribution in [-0.4, -0.2) is 37.0 Å². The van der Waals surface area contributed by atoms with Crippen molar-refractivity contribution < 1.29 is 4.79 Å². The highest BCUT2D eigenvalue weighted by Gasteiger charge is 2.25. The molecule has 3 heteroatoms. The topological polar surface area (TPSA) is 32.3 Å². The van der Waals surface area contributed by atoms with Gasteiger partial charge in [-0.1, -0.05) is 51.1 Å². The van der Waals surface area contributed by atoms with E-state index in [9.17, 15) is 4.79 Å². The fourth-order valence-corrected chi connectivity index (χ4v) is 3.28. The van der Waals surface area contributed by atoms with Crippen LogP contribution in [-0.2, 0) is 4.79 Å². The number of carbonyl (C=O) groups is 1. The van der Waals surface area contributed by atoms with Crippen molar-refractivity contribution in [2.24, 2.45) is 11.8 Å². The van der Waals surface area contributed by atoms with Crippen LogP contribution in [0.4, 0.5) is 0 Å². The van der Waals surface area contributed by atoms with Crippen LogP contribution in [0.15, 0.2) is 30.3 Å². The Kier molecular flexibility index (Phi) is 7.10. The predicted molar refractivity (Wildman–Crippen MR) is 96.5 cm³/mol. The van der Waals surface area contributed by atoms with E-state index >= 15 is 0 Å². The molecule has 128 valence electrons. The molecule has 0 unspecified atom stereocenters. The van der Waals surface area contributed by atoms with E-state index in [0.29, 0.717) is 11.8 Å². The van der Waals surface area contributed by atoms with Crippen molar-refractivity contribution in [1.82, 2.24) is 10.2 Å². The first-order valence-corrected chi connectivity index (χ1v) is 9.11. The van der Waals surface area contributed by atoms with E-state index in [1.807, 2.05) is 0 Å².